The van der Waals surface area contributed by atoms with E-state index in [2.05, 4.69) is 38.5 Å². The van der Waals surface area contributed by atoms with Crippen molar-refractivity contribution in [1.82, 2.24) is 24.8 Å². The van der Waals surface area contributed by atoms with E-state index in [1.165, 1.54) is 5.56 Å². The molecule has 3 aromatic rings. The van der Waals surface area contributed by atoms with Gasteiger partial charge >= 0.3 is 5.97 Å². The second-order valence-electron chi connectivity index (χ2n) is 8.93. The Bertz CT molecular complexity index is 1150. The maximum absolute atomic E-state index is 10.9. The Labute approximate surface area is 211 Å². The minimum atomic E-state index is -0.770. The Morgan fingerprint density at radius 2 is 1.89 bits per heavy atom. The average molecular weight is 491 g/mol. The molecule has 1 saturated heterocycles. The molecule has 0 atom stereocenters. The van der Waals surface area contributed by atoms with Crippen molar-refractivity contribution in [3.8, 4) is 11.3 Å². The third kappa shape index (κ3) is 6.97. The third-order valence-corrected chi connectivity index (χ3v) is 6.31. The summed E-state index contributed by atoms with van der Waals surface area (Å²) in [5, 5.41) is 15.6. The van der Waals surface area contributed by atoms with Gasteiger partial charge in [-0.3, -0.25) is 14.6 Å². The van der Waals surface area contributed by atoms with Gasteiger partial charge in [0.25, 0.3) is 0 Å². The van der Waals surface area contributed by atoms with Crippen molar-refractivity contribution in [2.24, 2.45) is 5.73 Å². The van der Waals surface area contributed by atoms with Crippen molar-refractivity contribution >= 4 is 23.4 Å². The number of benzene rings is 1. The summed E-state index contributed by atoms with van der Waals surface area (Å²) in [7, 11) is 0. The van der Waals surface area contributed by atoms with Gasteiger partial charge in [0, 0.05) is 62.9 Å². The van der Waals surface area contributed by atoms with Crippen LogP contribution >= 0.6 is 0 Å². The first-order valence-electron chi connectivity index (χ1n) is 12.3. The van der Waals surface area contributed by atoms with Gasteiger partial charge in [0.15, 0.2) is 0 Å². The fourth-order valence-electron chi connectivity index (χ4n) is 4.20. The Morgan fingerprint density at radius 3 is 2.61 bits per heavy atom. The molecule has 1 aliphatic heterocycles. The Kier molecular flexibility index (Phi) is 8.77. The van der Waals surface area contributed by atoms with Crippen LogP contribution in [0.15, 0.2) is 48.8 Å². The highest BCUT2D eigenvalue weighted by molar-refractivity contribution is 5.69. The summed E-state index contributed by atoms with van der Waals surface area (Å²) in [6.07, 6.45) is 4.45. The first kappa shape index (κ1) is 25.5. The Balaban J connectivity index is 1.39. The van der Waals surface area contributed by atoms with E-state index in [4.69, 9.17) is 15.8 Å². The van der Waals surface area contributed by atoms with Gasteiger partial charge in [0.2, 0.25) is 5.95 Å². The van der Waals surface area contributed by atoms with E-state index in [0.717, 1.165) is 74.0 Å². The van der Waals surface area contributed by atoms with E-state index in [1.807, 2.05) is 35.2 Å². The number of nitrogens with two attached hydrogens (primary N) is 1. The summed E-state index contributed by atoms with van der Waals surface area (Å²) >= 11 is 0. The number of piperazine rings is 1. The monoisotopic (exact) mass is 490 g/mol. The van der Waals surface area contributed by atoms with Crippen LogP contribution in [0.25, 0.3) is 11.3 Å². The van der Waals surface area contributed by atoms with Crippen LogP contribution in [-0.2, 0) is 11.3 Å². The van der Waals surface area contributed by atoms with Gasteiger partial charge in [-0.25, -0.2) is 15.0 Å². The fraction of sp³-hybridized carbons (Fsp3) is 0.385. The molecule has 0 unspecified atom stereocenters. The van der Waals surface area contributed by atoms with Crippen molar-refractivity contribution in [3.05, 3.63) is 59.9 Å². The predicted octanol–water partition coefficient (Wildman–Crippen LogP) is 2.55. The molecule has 5 N–H and O–H groups in total. The highest BCUT2D eigenvalue weighted by Crippen LogP contribution is 2.25. The summed E-state index contributed by atoms with van der Waals surface area (Å²) in [6, 6.07) is 12.0. The molecular weight excluding hydrogens is 456 g/mol. The van der Waals surface area contributed by atoms with E-state index in [1.54, 1.807) is 12.4 Å². The number of carboxylic acids is 1. The van der Waals surface area contributed by atoms with E-state index >= 15 is 0 Å². The van der Waals surface area contributed by atoms with Gasteiger partial charge in [-0.1, -0.05) is 12.1 Å². The van der Waals surface area contributed by atoms with Crippen molar-refractivity contribution in [3.63, 3.8) is 0 Å². The average Bonchev–Trinajstić information content (AvgIpc) is 2.88. The molecule has 3 heterocycles. The predicted molar refractivity (Wildman–Crippen MR) is 141 cm³/mol. The SMILES string of the molecule is Cc1c(CN2CCN(CC(=O)O)CC2)cccc1Nc1nccc(-c2ccc(NCCCN)nc2)n1. The van der Waals surface area contributed by atoms with Gasteiger partial charge in [0.1, 0.15) is 5.82 Å². The molecule has 0 radical (unpaired) electrons. The number of nitrogens with zero attached hydrogens (tertiary/aromatic N) is 5. The number of aromatic nitrogens is 3. The Morgan fingerprint density at radius 1 is 1.08 bits per heavy atom. The summed E-state index contributed by atoms with van der Waals surface area (Å²) in [6.45, 7) is 7.71. The maximum Gasteiger partial charge on any atom is 0.317 e. The number of nitrogens with one attached hydrogen (secondary N) is 2. The zero-order valence-corrected chi connectivity index (χ0v) is 20.7. The maximum atomic E-state index is 10.9. The zero-order valence-electron chi connectivity index (χ0n) is 20.7. The number of anilines is 3. The van der Waals surface area contributed by atoms with Gasteiger partial charge in [-0.2, -0.15) is 0 Å². The van der Waals surface area contributed by atoms with Crippen molar-refractivity contribution in [2.45, 2.75) is 19.9 Å². The number of carbonyl (C=O) groups is 1. The van der Waals surface area contributed by atoms with Gasteiger partial charge in [-0.15, -0.1) is 0 Å². The molecule has 1 aliphatic rings. The highest BCUT2D eigenvalue weighted by Gasteiger charge is 2.19. The molecular formula is C26H34N8O2. The lowest BCUT2D eigenvalue weighted by Crippen LogP contribution is -2.47. The molecule has 0 amide bonds. The number of rotatable bonds is 11. The first-order chi connectivity index (χ1) is 17.5. The number of pyridine rings is 1. The molecule has 1 aromatic carbocycles. The second-order valence-corrected chi connectivity index (χ2v) is 8.93. The summed E-state index contributed by atoms with van der Waals surface area (Å²) in [5.41, 5.74) is 10.6. The number of carboxylic acid groups (broad SMARTS) is 1. The van der Waals surface area contributed by atoms with Crippen molar-refractivity contribution < 1.29 is 9.90 Å². The van der Waals surface area contributed by atoms with Crippen LogP contribution in [0.2, 0.25) is 0 Å². The topological polar surface area (TPSA) is 133 Å². The molecule has 0 saturated carbocycles. The first-order valence-corrected chi connectivity index (χ1v) is 12.3. The lowest BCUT2D eigenvalue weighted by molar-refractivity contribution is -0.138. The molecule has 36 heavy (non-hydrogen) atoms. The molecule has 10 heteroatoms. The van der Waals surface area contributed by atoms with Crippen molar-refractivity contribution in [1.29, 1.82) is 0 Å². The molecule has 1 fully saturated rings. The zero-order chi connectivity index (χ0) is 25.3. The number of hydrogen-bond donors (Lipinski definition) is 4. The molecule has 4 rings (SSSR count). The van der Waals surface area contributed by atoms with Gasteiger partial charge < -0.3 is 21.5 Å². The highest BCUT2D eigenvalue weighted by atomic mass is 16.4. The normalized spacial score (nSPS) is 14.5. The standard InChI is InChI=1S/C26H34N8O2/c1-19-21(17-33-12-14-34(15-13-33)18-25(35)36)4-2-5-22(19)31-26-29-11-8-23(32-26)20-6-7-24(30-16-20)28-10-3-9-27/h2,4-8,11,16H,3,9-10,12-15,17-18,27H2,1H3,(H,28,30)(H,35,36)(H,29,31,32). The van der Waals surface area contributed by atoms with E-state index in [9.17, 15) is 4.79 Å². The molecule has 0 bridgehead atoms. The van der Waals surface area contributed by atoms with Gasteiger partial charge in [0.05, 0.1) is 12.2 Å². The van der Waals surface area contributed by atoms with Crippen LogP contribution in [-0.4, -0.2) is 81.6 Å². The van der Waals surface area contributed by atoms with Gasteiger partial charge in [-0.05, 0) is 55.3 Å². The minimum absolute atomic E-state index is 0.108. The van der Waals surface area contributed by atoms with E-state index in [0.29, 0.717) is 12.5 Å². The van der Waals surface area contributed by atoms with Crippen LogP contribution in [0.4, 0.5) is 17.5 Å². The Hall–Kier alpha value is -3.60. The molecule has 0 spiro atoms. The largest absolute Gasteiger partial charge is 0.480 e. The minimum Gasteiger partial charge on any atom is -0.480 e. The fourth-order valence-corrected chi connectivity index (χ4v) is 4.20. The second kappa shape index (κ2) is 12.4. The quantitative estimate of drug-likeness (QED) is 0.297. The summed E-state index contributed by atoms with van der Waals surface area (Å²) < 4.78 is 0. The smallest absolute Gasteiger partial charge is 0.317 e. The van der Waals surface area contributed by atoms with Crippen LogP contribution in [0.1, 0.15) is 17.5 Å². The summed E-state index contributed by atoms with van der Waals surface area (Å²) in [4.78, 5) is 28.9. The summed E-state index contributed by atoms with van der Waals surface area (Å²) in [5.74, 6) is 0.573. The number of hydrogen-bond acceptors (Lipinski definition) is 9. The molecule has 10 nitrogen and oxygen atoms in total. The van der Waals surface area contributed by atoms with Crippen LogP contribution in [0.3, 0.4) is 0 Å². The van der Waals surface area contributed by atoms with E-state index in [-0.39, 0.29) is 6.54 Å². The lowest BCUT2D eigenvalue weighted by atomic mass is 10.1. The van der Waals surface area contributed by atoms with Crippen LogP contribution < -0.4 is 16.4 Å². The van der Waals surface area contributed by atoms with Crippen molar-refractivity contribution in [2.75, 3.05) is 56.4 Å². The number of aliphatic carboxylic acids is 1. The molecule has 190 valence electrons. The molecule has 2 aromatic heterocycles. The van der Waals surface area contributed by atoms with E-state index < -0.39 is 5.97 Å². The lowest BCUT2D eigenvalue weighted by Gasteiger charge is -2.34. The molecule has 0 aliphatic carbocycles. The van der Waals surface area contributed by atoms with Crippen LogP contribution in [0.5, 0.6) is 0 Å². The van der Waals surface area contributed by atoms with Crippen LogP contribution in [0, 0.1) is 6.92 Å². The third-order valence-electron chi connectivity index (χ3n) is 6.31.